The van der Waals surface area contributed by atoms with Gasteiger partial charge in [-0.25, -0.2) is 26.3 Å². The van der Waals surface area contributed by atoms with Gasteiger partial charge in [0.2, 0.25) is 20.0 Å². The smallest absolute Gasteiger partial charge is 0.218 e. The zero-order chi connectivity index (χ0) is 19.5. The Hall–Kier alpha value is -2.26. The molecule has 0 saturated heterocycles. The van der Waals surface area contributed by atoms with Crippen molar-refractivity contribution in [2.45, 2.75) is 17.2 Å². The van der Waals surface area contributed by atoms with Crippen LogP contribution in [0.5, 0.6) is 0 Å². The van der Waals surface area contributed by atoms with Gasteiger partial charge >= 0.3 is 0 Å². The summed E-state index contributed by atoms with van der Waals surface area (Å²) in [6, 6.07) is 19.3. The molecule has 0 aliphatic carbocycles. The first-order chi connectivity index (χ1) is 12.8. The molecule has 6 nitrogen and oxygen atoms in total. The van der Waals surface area contributed by atoms with Crippen molar-refractivity contribution in [3.8, 4) is 0 Å². The van der Waals surface area contributed by atoms with Gasteiger partial charge in [0.1, 0.15) is 0 Å². The van der Waals surface area contributed by atoms with E-state index in [1.165, 1.54) is 7.05 Å². The van der Waals surface area contributed by atoms with Crippen LogP contribution in [0.1, 0.15) is 11.1 Å². The fourth-order valence-electron chi connectivity index (χ4n) is 2.64. The van der Waals surface area contributed by atoms with Gasteiger partial charge in [0.15, 0.2) is 0 Å². The number of hydrogen-bond acceptors (Lipinski definition) is 4. The SMILES string of the molecule is CNS(=O)(=O)Cc1ccc(CNS(=O)(=O)c2ccc3ccccc3c2)cc1. The van der Waals surface area contributed by atoms with E-state index in [0.29, 0.717) is 5.56 Å². The summed E-state index contributed by atoms with van der Waals surface area (Å²) in [5, 5.41) is 1.83. The lowest BCUT2D eigenvalue weighted by molar-refractivity contribution is 0.581. The maximum atomic E-state index is 12.5. The van der Waals surface area contributed by atoms with Crippen molar-refractivity contribution in [2.75, 3.05) is 7.05 Å². The van der Waals surface area contributed by atoms with Crippen molar-refractivity contribution in [1.29, 1.82) is 0 Å². The summed E-state index contributed by atoms with van der Waals surface area (Å²) in [6.45, 7) is 0.119. The highest BCUT2D eigenvalue weighted by Gasteiger charge is 2.14. The second-order valence-electron chi connectivity index (χ2n) is 6.11. The fourth-order valence-corrected chi connectivity index (χ4v) is 4.47. The van der Waals surface area contributed by atoms with Crippen molar-refractivity contribution in [3.63, 3.8) is 0 Å². The third kappa shape index (κ3) is 4.92. The number of fused-ring (bicyclic) bond motifs is 1. The summed E-state index contributed by atoms with van der Waals surface area (Å²) in [4.78, 5) is 0.206. The molecule has 0 aliphatic heterocycles. The average Bonchev–Trinajstić information content (AvgIpc) is 2.67. The molecule has 142 valence electrons. The zero-order valence-electron chi connectivity index (χ0n) is 14.7. The number of rotatable bonds is 7. The summed E-state index contributed by atoms with van der Waals surface area (Å²) in [6.07, 6.45) is 0. The lowest BCUT2D eigenvalue weighted by atomic mass is 10.1. The Bertz CT molecular complexity index is 1160. The van der Waals surface area contributed by atoms with Gasteiger partial charge in [0.05, 0.1) is 10.6 Å². The highest BCUT2D eigenvalue weighted by atomic mass is 32.2. The first-order valence-electron chi connectivity index (χ1n) is 8.27. The van der Waals surface area contributed by atoms with E-state index in [1.54, 1.807) is 42.5 Å². The number of benzene rings is 3. The Kier molecular flexibility index (Phi) is 5.61. The maximum absolute atomic E-state index is 12.5. The van der Waals surface area contributed by atoms with Crippen LogP contribution in [-0.4, -0.2) is 23.9 Å². The van der Waals surface area contributed by atoms with E-state index in [9.17, 15) is 16.8 Å². The first kappa shape index (κ1) is 19.5. The second-order valence-corrected chi connectivity index (χ2v) is 9.81. The molecule has 3 aromatic rings. The van der Waals surface area contributed by atoms with Crippen LogP contribution in [0.25, 0.3) is 10.8 Å². The van der Waals surface area contributed by atoms with Crippen LogP contribution < -0.4 is 9.44 Å². The van der Waals surface area contributed by atoms with E-state index in [-0.39, 0.29) is 17.2 Å². The molecule has 0 aromatic heterocycles. The predicted molar refractivity (Wildman–Crippen MR) is 106 cm³/mol. The zero-order valence-corrected chi connectivity index (χ0v) is 16.3. The van der Waals surface area contributed by atoms with Crippen molar-refractivity contribution in [2.24, 2.45) is 0 Å². The molecule has 0 aliphatic rings. The highest BCUT2D eigenvalue weighted by molar-refractivity contribution is 7.89. The van der Waals surface area contributed by atoms with Crippen LogP contribution >= 0.6 is 0 Å². The quantitative estimate of drug-likeness (QED) is 0.632. The van der Waals surface area contributed by atoms with Gasteiger partial charge in [0, 0.05) is 6.54 Å². The largest absolute Gasteiger partial charge is 0.240 e. The van der Waals surface area contributed by atoms with Crippen molar-refractivity contribution in [3.05, 3.63) is 77.9 Å². The van der Waals surface area contributed by atoms with E-state index in [4.69, 9.17) is 0 Å². The van der Waals surface area contributed by atoms with E-state index in [2.05, 4.69) is 9.44 Å². The van der Waals surface area contributed by atoms with Crippen LogP contribution in [0.15, 0.2) is 71.6 Å². The van der Waals surface area contributed by atoms with Gasteiger partial charge in [0.25, 0.3) is 0 Å². The Morgan fingerprint density at radius 2 is 1.41 bits per heavy atom. The Labute approximate surface area is 159 Å². The van der Waals surface area contributed by atoms with E-state index >= 15 is 0 Å². The molecule has 8 heteroatoms. The molecule has 0 unspecified atom stereocenters. The topological polar surface area (TPSA) is 92.3 Å². The number of sulfonamides is 2. The average molecular weight is 405 g/mol. The molecule has 3 aromatic carbocycles. The lowest BCUT2D eigenvalue weighted by Crippen LogP contribution is -2.23. The predicted octanol–water partition coefficient (Wildman–Crippen LogP) is 2.37. The molecule has 0 radical (unpaired) electrons. The minimum absolute atomic E-state index is 0.118. The lowest BCUT2D eigenvalue weighted by Gasteiger charge is -2.09. The monoisotopic (exact) mass is 404 g/mol. The van der Waals surface area contributed by atoms with Crippen molar-refractivity contribution >= 4 is 30.8 Å². The standard InChI is InChI=1S/C19H20N2O4S2/c1-20-26(22,23)14-16-8-6-15(7-9-16)13-21-27(24,25)19-11-10-17-4-2-3-5-18(17)12-19/h2-12,20-21H,13-14H2,1H3. The summed E-state index contributed by atoms with van der Waals surface area (Å²) in [7, 11) is -5.62. The molecule has 0 heterocycles. The molecule has 0 bridgehead atoms. The van der Waals surface area contributed by atoms with Crippen LogP contribution in [-0.2, 0) is 32.3 Å². The first-order valence-corrected chi connectivity index (χ1v) is 11.4. The van der Waals surface area contributed by atoms with Gasteiger partial charge < -0.3 is 0 Å². The van der Waals surface area contributed by atoms with Gasteiger partial charge in [-0.3, -0.25) is 0 Å². The molecular formula is C19H20N2O4S2. The van der Waals surface area contributed by atoms with E-state index in [1.807, 2.05) is 24.3 Å². The molecule has 2 N–H and O–H groups in total. The van der Waals surface area contributed by atoms with Gasteiger partial charge in [-0.1, -0.05) is 54.6 Å². The molecule has 0 fully saturated rings. The number of nitrogens with one attached hydrogen (secondary N) is 2. The van der Waals surface area contributed by atoms with Crippen molar-refractivity contribution in [1.82, 2.24) is 9.44 Å². The third-order valence-corrected chi connectivity index (χ3v) is 6.92. The number of hydrogen-bond donors (Lipinski definition) is 2. The fraction of sp³-hybridized carbons (Fsp3) is 0.158. The highest BCUT2D eigenvalue weighted by Crippen LogP contribution is 2.19. The van der Waals surface area contributed by atoms with Crippen LogP contribution in [0.3, 0.4) is 0 Å². The normalized spacial score (nSPS) is 12.3. The minimum atomic E-state index is -3.65. The van der Waals surface area contributed by atoms with Crippen LogP contribution in [0.2, 0.25) is 0 Å². The molecule has 0 atom stereocenters. The maximum Gasteiger partial charge on any atom is 0.240 e. The third-order valence-electron chi connectivity index (χ3n) is 4.19. The molecule has 3 rings (SSSR count). The summed E-state index contributed by atoms with van der Waals surface area (Å²) in [5.41, 5.74) is 1.37. The van der Waals surface area contributed by atoms with Crippen LogP contribution in [0, 0.1) is 0 Å². The van der Waals surface area contributed by atoms with E-state index in [0.717, 1.165) is 16.3 Å². The Morgan fingerprint density at radius 3 is 2.07 bits per heavy atom. The molecular weight excluding hydrogens is 384 g/mol. The van der Waals surface area contributed by atoms with Crippen molar-refractivity contribution < 1.29 is 16.8 Å². The summed E-state index contributed by atoms with van der Waals surface area (Å²) < 4.78 is 53.0. The van der Waals surface area contributed by atoms with E-state index < -0.39 is 20.0 Å². The summed E-state index contributed by atoms with van der Waals surface area (Å²) in [5.74, 6) is -0.118. The molecule has 0 amide bonds. The molecule has 27 heavy (non-hydrogen) atoms. The van der Waals surface area contributed by atoms with Gasteiger partial charge in [-0.05, 0) is 41.1 Å². The Morgan fingerprint density at radius 1 is 0.778 bits per heavy atom. The minimum Gasteiger partial charge on any atom is -0.218 e. The summed E-state index contributed by atoms with van der Waals surface area (Å²) >= 11 is 0. The van der Waals surface area contributed by atoms with Crippen LogP contribution in [0.4, 0.5) is 0 Å². The van der Waals surface area contributed by atoms with Gasteiger partial charge in [-0.15, -0.1) is 0 Å². The Balaban J connectivity index is 1.71. The second kappa shape index (κ2) is 7.77. The van der Waals surface area contributed by atoms with Gasteiger partial charge in [-0.2, -0.15) is 0 Å². The molecule has 0 spiro atoms. The molecule has 0 saturated carbocycles.